The van der Waals surface area contributed by atoms with Crippen molar-refractivity contribution in [1.82, 2.24) is 19.7 Å². The zero-order valence-electron chi connectivity index (χ0n) is 10.4. The van der Waals surface area contributed by atoms with Crippen LogP contribution < -0.4 is 16.2 Å². The molecule has 0 aromatic carbocycles. The molecular weight excluding hydrogens is 264 g/mol. The SMILES string of the molecule is NNc1ccc([N+](=O)[O-])c(N2CCn3cnnc3C2)n1. The van der Waals surface area contributed by atoms with Crippen LogP contribution in [-0.4, -0.2) is 31.2 Å². The average Bonchev–Trinajstić information content (AvgIpc) is 2.93. The molecule has 0 spiro atoms. The smallest absolute Gasteiger partial charge is 0.311 e. The molecule has 0 atom stereocenters. The van der Waals surface area contributed by atoms with Crippen molar-refractivity contribution in [2.75, 3.05) is 16.9 Å². The largest absolute Gasteiger partial charge is 0.341 e. The van der Waals surface area contributed by atoms with Crippen LogP contribution in [0.3, 0.4) is 0 Å². The van der Waals surface area contributed by atoms with Crippen LogP contribution in [0.5, 0.6) is 0 Å². The van der Waals surface area contributed by atoms with Crippen LogP contribution in [0.15, 0.2) is 18.5 Å². The van der Waals surface area contributed by atoms with Crippen molar-refractivity contribution in [1.29, 1.82) is 0 Å². The van der Waals surface area contributed by atoms with Gasteiger partial charge in [0.1, 0.15) is 12.1 Å². The minimum Gasteiger partial charge on any atom is -0.341 e. The molecule has 0 bridgehead atoms. The van der Waals surface area contributed by atoms with Crippen LogP contribution in [0.1, 0.15) is 5.82 Å². The molecule has 1 aliphatic heterocycles. The van der Waals surface area contributed by atoms with Crippen LogP contribution in [0.4, 0.5) is 17.3 Å². The van der Waals surface area contributed by atoms with Crippen LogP contribution in [-0.2, 0) is 13.1 Å². The zero-order chi connectivity index (χ0) is 14.1. The standard InChI is InChI=1S/C10H12N8O2/c11-14-8-2-1-7(18(19)20)10(13-8)16-3-4-17-6-12-15-9(17)5-16/h1-2,6H,3-5,11H2,(H,13,14). The molecule has 2 aromatic rings. The first-order chi connectivity index (χ1) is 9.69. The molecule has 0 saturated heterocycles. The number of nitrogens with two attached hydrogens (primary N) is 1. The molecule has 0 saturated carbocycles. The Morgan fingerprint density at radius 2 is 2.25 bits per heavy atom. The van der Waals surface area contributed by atoms with E-state index in [2.05, 4.69) is 20.6 Å². The quantitative estimate of drug-likeness (QED) is 0.451. The van der Waals surface area contributed by atoms with Gasteiger partial charge in [-0.3, -0.25) is 10.1 Å². The van der Waals surface area contributed by atoms with E-state index in [4.69, 9.17) is 5.84 Å². The Balaban J connectivity index is 1.99. The molecule has 3 rings (SSSR count). The van der Waals surface area contributed by atoms with Gasteiger partial charge in [-0.2, -0.15) is 0 Å². The van der Waals surface area contributed by atoms with Crippen molar-refractivity contribution < 1.29 is 4.92 Å². The third-order valence-electron chi connectivity index (χ3n) is 3.14. The lowest BCUT2D eigenvalue weighted by Crippen LogP contribution is -2.34. The molecule has 10 nitrogen and oxygen atoms in total. The first-order valence-electron chi connectivity index (χ1n) is 5.92. The maximum absolute atomic E-state index is 11.1. The van der Waals surface area contributed by atoms with Gasteiger partial charge in [0.2, 0.25) is 5.82 Å². The summed E-state index contributed by atoms with van der Waals surface area (Å²) in [5.74, 6) is 6.71. The van der Waals surface area contributed by atoms with E-state index >= 15 is 0 Å². The molecule has 2 aromatic heterocycles. The first kappa shape index (κ1) is 12.3. The van der Waals surface area contributed by atoms with E-state index in [1.165, 1.54) is 12.1 Å². The number of anilines is 2. The Bertz CT molecular complexity index is 654. The van der Waals surface area contributed by atoms with Crippen molar-refractivity contribution in [2.24, 2.45) is 5.84 Å². The van der Waals surface area contributed by atoms with E-state index in [1.807, 2.05) is 4.57 Å². The molecule has 0 amide bonds. The lowest BCUT2D eigenvalue weighted by atomic mass is 10.3. The number of hydrogen-bond donors (Lipinski definition) is 2. The number of hydrogen-bond acceptors (Lipinski definition) is 8. The number of rotatable bonds is 3. The van der Waals surface area contributed by atoms with Gasteiger partial charge in [-0.15, -0.1) is 10.2 Å². The van der Waals surface area contributed by atoms with Crippen LogP contribution in [0, 0.1) is 10.1 Å². The highest BCUT2D eigenvalue weighted by Gasteiger charge is 2.26. The number of hydrazine groups is 1. The summed E-state index contributed by atoms with van der Waals surface area (Å²) in [5.41, 5.74) is 2.33. The predicted octanol–water partition coefficient (Wildman–Crippen LogP) is -0.113. The topological polar surface area (TPSA) is 128 Å². The fraction of sp³-hybridized carbons (Fsp3) is 0.300. The van der Waals surface area contributed by atoms with E-state index in [9.17, 15) is 10.1 Å². The summed E-state index contributed by atoms with van der Waals surface area (Å²) in [4.78, 5) is 16.6. The molecule has 104 valence electrons. The average molecular weight is 276 g/mol. The molecule has 3 heterocycles. The molecular formula is C10H12N8O2. The van der Waals surface area contributed by atoms with Gasteiger partial charge in [0.25, 0.3) is 0 Å². The highest BCUT2D eigenvalue weighted by atomic mass is 16.6. The van der Waals surface area contributed by atoms with Gasteiger partial charge >= 0.3 is 5.69 Å². The van der Waals surface area contributed by atoms with Gasteiger partial charge in [-0.25, -0.2) is 10.8 Å². The Labute approximate surface area is 113 Å². The lowest BCUT2D eigenvalue weighted by Gasteiger charge is -2.27. The Kier molecular flexibility index (Phi) is 2.91. The molecule has 0 aliphatic carbocycles. The van der Waals surface area contributed by atoms with E-state index in [0.29, 0.717) is 25.5 Å². The number of aromatic nitrogens is 4. The second kappa shape index (κ2) is 4.74. The van der Waals surface area contributed by atoms with E-state index in [-0.39, 0.29) is 11.5 Å². The third kappa shape index (κ3) is 2.01. The lowest BCUT2D eigenvalue weighted by molar-refractivity contribution is -0.384. The second-order valence-corrected chi connectivity index (χ2v) is 4.30. The predicted molar refractivity (Wildman–Crippen MR) is 69.8 cm³/mol. The fourth-order valence-electron chi connectivity index (χ4n) is 2.14. The van der Waals surface area contributed by atoms with Crippen molar-refractivity contribution in [3.05, 3.63) is 34.4 Å². The van der Waals surface area contributed by atoms with Crippen LogP contribution in [0.25, 0.3) is 0 Å². The minimum atomic E-state index is -0.456. The summed E-state index contributed by atoms with van der Waals surface area (Å²) in [5, 5.41) is 18.9. The molecule has 0 unspecified atom stereocenters. The minimum absolute atomic E-state index is 0.0584. The molecule has 0 radical (unpaired) electrons. The number of nitro groups is 1. The third-order valence-corrected chi connectivity index (χ3v) is 3.14. The fourth-order valence-corrected chi connectivity index (χ4v) is 2.14. The summed E-state index contributed by atoms with van der Waals surface area (Å²) in [6.07, 6.45) is 1.65. The molecule has 0 fully saturated rings. The molecule has 20 heavy (non-hydrogen) atoms. The number of nitrogens with one attached hydrogen (secondary N) is 1. The number of nitrogens with zero attached hydrogens (tertiary/aromatic N) is 6. The number of pyridine rings is 1. The molecule has 10 heteroatoms. The van der Waals surface area contributed by atoms with E-state index in [0.717, 1.165) is 5.82 Å². The van der Waals surface area contributed by atoms with Gasteiger partial charge in [-0.05, 0) is 6.07 Å². The molecule has 3 N–H and O–H groups in total. The maximum atomic E-state index is 11.1. The summed E-state index contributed by atoms with van der Waals surface area (Å²) >= 11 is 0. The van der Waals surface area contributed by atoms with Crippen LogP contribution >= 0.6 is 0 Å². The van der Waals surface area contributed by atoms with Crippen molar-refractivity contribution >= 4 is 17.3 Å². The summed E-state index contributed by atoms with van der Waals surface area (Å²) in [7, 11) is 0. The summed E-state index contributed by atoms with van der Waals surface area (Å²) in [6, 6.07) is 2.85. The van der Waals surface area contributed by atoms with Crippen LogP contribution in [0.2, 0.25) is 0 Å². The van der Waals surface area contributed by atoms with E-state index in [1.54, 1.807) is 11.2 Å². The van der Waals surface area contributed by atoms with Crippen molar-refractivity contribution in [3.63, 3.8) is 0 Å². The molecule has 1 aliphatic rings. The number of nitrogen functional groups attached to an aromatic ring is 1. The van der Waals surface area contributed by atoms with Crippen molar-refractivity contribution in [2.45, 2.75) is 13.1 Å². The van der Waals surface area contributed by atoms with Gasteiger partial charge in [0.15, 0.2) is 5.82 Å². The Hall–Kier alpha value is -2.75. The first-order valence-corrected chi connectivity index (χ1v) is 5.92. The summed E-state index contributed by atoms with van der Waals surface area (Å²) < 4.78 is 1.91. The van der Waals surface area contributed by atoms with Crippen molar-refractivity contribution in [3.8, 4) is 0 Å². The zero-order valence-corrected chi connectivity index (χ0v) is 10.4. The van der Waals surface area contributed by atoms with Gasteiger partial charge in [-0.1, -0.05) is 0 Å². The monoisotopic (exact) mass is 276 g/mol. The summed E-state index contributed by atoms with van der Waals surface area (Å²) in [6.45, 7) is 1.66. The highest BCUT2D eigenvalue weighted by molar-refractivity contribution is 5.61. The number of fused-ring (bicyclic) bond motifs is 1. The van der Waals surface area contributed by atoms with Gasteiger partial charge in [0, 0.05) is 19.2 Å². The van der Waals surface area contributed by atoms with Gasteiger partial charge in [0.05, 0.1) is 11.5 Å². The highest BCUT2D eigenvalue weighted by Crippen LogP contribution is 2.29. The van der Waals surface area contributed by atoms with Gasteiger partial charge < -0.3 is 14.9 Å². The second-order valence-electron chi connectivity index (χ2n) is 4.30. The Morgan fingerprint density at radius 1 is 1.40 bits per heavy atom. The van der Waals surface area contributed by atoms with E-state index < -0.39 is 4.92 Å². The maximum Gasteiger partial charge on any atom is 0.311 e. The Morgan fingerprint density at radius 3 is 3.00 bits per heavy atom. The normalized spacial score (nSPS) is 13.9.